The summed E-state index contributed by atoms with van der Waals surface area (Å²) in [5, 5.41) is 3.90. The van der Waals surface area contributed by atoms with Crippen molar-refractivity contribution in [3.05, 3.63) is 27.9 Å². The second kappa shape index (κ2) is 8.27. The second-order valence-electron chi connectivity index (χ2n) is 4.60. The van der Waals surface area contributed by atoms with Crippen LogP contribution >= 0.6 is 11.6 Å². The number of unbranched alkanes of at least 4 members (excludes halogenated alkanes) is 2. The van der Waals surface area contributed by atoms with Crippen molar-refractivity contribution in [1.82, 2.24) is 14.9 Å². The fourth-order valence-corrected chi connectivity index (χ4v) is 1.99. The number of nitrogens with one attached hydrogen (secondary N) is 1. The Bertz CT molecular complexity index is 405. The van der Waals surface area contributed by atoms with Gasteiger partial charge in [0.05, 0.1) is 11.2 Å². The van der Waals surface area contributed by atoms with Gasteiger partial charge in [-0.25, -0.2) is 9.78 Å². The first-order chi connectivity index (χ1) is 8.63. The van der Waals surface area contributed by atoms with Crippen molar-refractivity contribution in [2.24, 2.45) is 0 Å². The van der Waals surface area contributed by atoms with Gasteiger partial charge in [0, 0.05) is 25.3 Å². The first-order valence-corrected chi connectivity index (χ1v) is 6.96. The monoisotopic (exact) mass is 271 g/mol. The third-order valence-corrected chi connectivity index (χ3v) is 3.10. The molecule has 1 N–H and O–H groups in total. The van der Waals surface area contributed by atoms with E-state index in [1.54, 1.807) is 6.20 Å². The molecule has 0 aliphatic rings. The molecule has 0 spiro atoms. The van der Waals surface area contributed by atoms with Crippen molar-refractivity contribution >= 4 is 11.6 Å². The van der Waals surface area contributed by atoms with E-state index in [9.17, 15) is 4.79 Å². The fourth-order valence-electron chi connectivity index (χ4n) is 1.82. The lowest BCUT2D eigenvalue weighted by Gasteiger charge is -2.14. The SMILES string of the molecule is CCCCCC(C)NCCn1cc(Cl)cnc1=O. The van der Waals surface area contributed by atoms with Gasteiger partial charge in [-0.05, 0) is 13.3 Å². The Kier molecular flexibility index (Phi) is 6.98. The highest BCUT2D eigenvalue weighted by atomic mass is 35.5. The number of hydrogen-bond donors (Lipinski definition) is 1. The summed E-state index contributed by atoms with van der Waals surface area (Å²) in [6.07, 6.45) is 7.96. The van der Waals surface area contributed by atoms with Gasteiger partial charge in [-0.2, -0.15) is 0 Å². The third-order valence-electron chi connectivity index (χ3n) is 2.91. The quantitative estimate of drug-likeness (QED) is 0.739. The lowest BCUT2D eigenvalue weighted by molar-refractivity contribution is 0.466. The van der Waals surface area contributed by atoms with Crippen molar-refractivity contribution in [2.75, 3.05) is 6.54 Å². The zero-order valence-corrected chi connectivity index (χ0v) is 11.9. The molecule has 0 fully saturated rings. The Morgan fingerprint density at radius 2 is 2.28 bits per heavy atom. The number of hydrogen-bond acceptors (Lipinski definition) is 3. The van der Waals surface area contributed by atoms with Crippen LogP contribution in [0.4, 0.5) is 0 Å². The van der Waals surface area contributed by atoms with Gasteiger partial charge in [0.15, 0.2) is 0 Å². The summed E-state index contributed by atoms with van der Waals surface area (Å²) >= 11 is 5.80. The molecule has 0 bridgehead atoms. The molecule has 4 nitrogen and oxygen atoms in total. The molecule has 1 rings (SSSR count). The molecule has 1 atom stereocenters. The summed E-state index contributed by atoms with van der Waals surface area (Å²) in [5.41, 5.74) is -0.250. The van der Waals surface area contributed by atoms with Crippen LogP contribution in [-0.2, 0) is 6.54 Å². The lowest BCUT2D eigenvalue weighted by atomic mass is 10.1. The Labute approximate surface area is 113 Å². The normalized spacial score (nSPS) is 12.6. The standard InChI is InChI=1S/C13H22ClN3O/c1-3-4-5-6-11(2)15-7-8-17-10-12(14)9-16-13(17)18/h9-11,15H,3-8H2,1-2H3. The Balaban J connectivity index is 2.28. The summed E-state index contributed by atoms with van der Waals surface area (Å²) < 4.78 is 1.54. The molecule has 1 aromatic rings. The van der Waals surface area contributed by atoms with Gasteiger partial charge in [-0.3, -0.25) is 4.57 Å². The molecule has 5 heteroatoms. The largest absolute Gasteiger partial charge is 0.347 e. The average molecular weight is 272 g/mol. The molecule has 0 aromatic carbocycles. The number of halogens is 1. The van der Waals surface area contributed by atoms with E-state index < -0.39 is 0 Å². The number of aromatic nitrogens is 2. The van der Waals surface area contributed by atoms with Crippen LogP contribution in [0.1, 0.15) is 39.5 Å². The van der Waals surface area contributed by atoms with E-state index in [2.05, 4.69) is 24.1 Å². The van der Waals surface area contributed by atoms with Gasteiger partial charge in [-0.1, -0.05) is 37.8 Å². The van der Waals surface area contributed by atoms with Gasteiger partial charge < -0.3 is 5.32 Å². The van der Waals surface area contributed by atoms with Crippen molar-refractivity contribution < 1.29 is 0 Å². The third kappa shape index (κ3) is 5.65. The second-order valence-corrected chi connectivity index (χ2v) is 5.04. The molecular formula is C13H22ClN3O. The highest BCUT2D eigenvalue weighted by Crippen LogP contribution is 2.03. The molecule has 0 aliphatic heterocycles. The van der Waals surface area contributed by atoms with Crippen LogP contribution in [-0.4, -0.2) is 22.1 Å². The van der Waals surface area contributed by atoms with Crippen LogP contribution in [0.3, 0.4) is 0 Å². The van der Waals surface area contributed by atoms with Gasteiger partial charge in [0.25, 0.3) is 0 Å². The van der Waals surface area contributed by atoms with Crippen molar-refractivity contribution in [2.45, 2.75) is 52.1 Å². The van der Waals surface area contributed by atoms with E-state index >= 15 is 0 Å². The predicted octanol–water partition coefficient (Wildman–Crippen LogP) is 2.46. The molecule has 102 valence electrons. The summed E-state index contributed by atoms with van der Waals surface area (Å²) in [7, 11) is 0. The Morgan fingerprint density at radius 3 is 3.00 bits per heavy atom. The van der Waals surface area contributed by atoms with Gasteiger partial charge in [0.2, 0.25) is 0 Å². The maximum Gasteiger partial charge on any atom is 0.347 e. The van der Waals surface area contributed by atoms with Gasteiger partial charge in [0.1, 0.15) is 0 Å². The minimum absolute atomic E-state index is 0.250. The lowest BCUT2D eigenvalue weighted by Crippen LogP contribution is -2.32. The van der Waals surface area contributed by atoms with E-state index in [0.29, 0.717) is 17.6 Å². The summed E-state index contributed by atoms with van der Waals surface area (Å²) in [5.74, 6) is 0. The van der Waals surface area contributed by atoms with Crippen LogP contribution in [0.25, 0.3) is 0 Å². The zero-order valence-electron chi connectivity index (χ0n) is 11.2. The minimum atomic E-state index is -0.250. The van der Waals surface area contributed by atoms with Gasteiger partial charge >= 0.3 is 5.69 Å². The highest BCUT2D eigenvalue weighted by molar-refractivity contribution is 6.30. The van der Waals surface area contributed by atoms with Crippen molar-refractivity contribution in [3.63, 3.8) is 0 Å². The molecule has 1 unspecified atom stereocenters. The van der Waals surface area contributed by atoms with E-state index in [0.717, 1.165) is 6.54 Å². The zero-order chi connectivity index (χ0) is 13.4. The maximum absolute atomic E-state index is 11.4. The molecule has 18 heavy (non-hydrogen) atoms. The average Bonchev–Trinajstić information content (AvgIpc) is 2.34. The molecule has 0 aliphatic carbocycles. The molecule has 0 saturated heterocycles. The predicted molar refractivity (Wildman–Crippen MR) is 75.1 cm³/mol. The molecular weight excluding hydrogens is 250 g/mol. The van der Waals surface area contributed by atoms with E-state index in [-0.39, 0.29) is 5.69 Å². The smallest absolute Gasteiger partial charge is 0.312 e. The summed E-state index contributed by atoms with van der Waals surface area (Å²) in [6, 6.07) is 0.486. The van der Waals surface area contributed by atoms with Gasteiger partial charge in [-0.15, -0.1) is 0 Å². The minimum Gasteiger partial charge on any atom is -0.312 e. The van der Waals surface area contributed by atoms with E-state index in [1.807, 2.05) is 0 Å². The van der Waals surface area contributed by atoms with Crippen molar-refractivity contribution in [1.29, 1.82) is 0 Å². The van der Waals surface area contributed by atoms with Crippen LogP contribution in [0.2, 0.25) is 5.02 Å². The summed E-state index contributed by atoms with van der Waals surface area (Å²) in [6.45, 7) is 5.74. The fraction of sp³-hybridized carbons (Fsp3) is 0.692. The van der Waals surface area contributed by atoms with E-state index in [1.165, 1.54) is 36.4 Å². The van der Waals surface area contributed by atoms with Crippen LogP contribution < -0.4 is 11.0 Å². The van der Waals surface area contributed by atoms with Crippen LogP contribution in [0.15, 0.2) is 17.2 Å². The first-order valence-electron chi connectivity index (χ1n) is 6.59. The Hall–Kier alpha value is -0.870. The number of rotatable bonds is 8. The topological polar surface area (TPSA) is 46.9 Å². The molecule has 0 saturated carbocycles. The van der Waals surface area contributed by atoms with E-state index in [4.69, 9.17) is 11.6 Å². The van der Waals surface area contributed by atoms with Crippen LogP contribution in [0, 0.1) is 0 Å². The van der Waals surface area contributed by atoms with Crippen LogP contribution in [0.5, 0.6) is 0 Å². The van der Waals surface area contributed by atoms with Crippen molar-refractivity contribution in [3.8, 4) is 0 Å². The summed E-state index contributed by atoms with van der Waals surface area (Å²) in [4.78, 5) is 15.1. The first kappa shape index (κ1) is 15.2. The Morgan fingerprint density at radius 1 is 1.50 bits per heavy atom. The molecule has 1 heterocycles. The molecule has 0 radical (unpaired) electrons. The molecule has 1 aromatic heterocycles. The maximum atomic E-state index is 11.4. The number of nitrogens with zero attached hydrogens (tertiary/aromatic N) is 2. The molecule has 0 amide bonds. The highest BCUT2D eigenvalue weighted by Gasteiger charge is 2.02.